The minimum atomic E-state index is -0.477. The van der Waals surface area contributed by atoms with Gasteiger partial charge in [0, 0.05) is 10.6 Å². The van der Waals surface area contributed by atoms with Crippen LogP contribution in [0.1, 0.15) is 35.7 Å². The quantitative estimate of drug-likeness (QED) is 0.798. The maximum absolute atomic E-state index is 11.8. The van der Waals surface area contributed by atoms with Gasteiger partial charge in [-0.2, -0.15) is 0 Å². The molecule has 2 rings (SSSR count). The number of nitrogens with zero attached hydrogens (tertiary/aromatic N) is 1. The molecular weight excluding hydrogens is 278 g/mol. The summed E-state index contributed by atoms with van der Waals surface area (Å²) in [5.74, 6) is 0.118. The molecule has 0 aliphatic heterocycles. The highest BCUT2D eigenvalue weighted by molar-refractivity contribution is 6.30. The van der Waals surface area contributed by atoms with Crippen molar-refractivity contribution in [2.75, 3.05) is 6.61 Å². The Bertz CT molecular complexity index is 634. The summed E-state index contributed by atoms with van der Waals surface area (Å²) in [6, 6.07) is 5.43. The van der Waals surface area contributed by atoms with Crippen molar-refractivity contribution in [1.82, 2.24) is 4.98 Å². The van der Waals surface area contributed by atoms with Crippen molar-refractivity contribution in [3.63, 3.8) is 0 Å². The molecule has 0 saturated heterocycles. The van der Waals surface area contributed by atoms with E-state index in [0.29, 0.717) is 29.6 Å². The van der Waals surface area contributed by atoms with Gasteiger partial charge in [-0.15, -0.1) is 0 Å². The predicted molar refractivity (Wildman–Crippen MR) is 77.0 cm³/mol. The summed E-state index contributed by atoms with van der Waals surface area (Å²) in [6.45, 7) is 5.89. The molecule has 1 heterocycles. The Kier molecular flexibility index (Phi) is 4.45. The normalized spacial score (nSPS) is 10.6. The van der Waals surface area contributed by atoms with E-state index >= 15 is 0 Å². The van der Waals surface area contributed by atoms with E-state index in [-0.39, 0.29) is 5.76 Å². The van der Waals surface area contributed by atoms with Crippen LogP contribution in [0.15, 0.2) is 22.6 Å². The average Bonchev–Trinajstić information content (AvgIpc) is 2.83. The van der Waals surface area contributed by atoms with Crippen LogP contribution in [-0.4, -0.2) is 17.6 Å². The van der Waals surface area contributed by atoms with Crippen LogP contribution < -0.4 is 0 Å². The first-order valence-electron chi connectivity index (χ1n) is 6.50. The van der Waals surface area contributed by atoms with Crippen molar-refractivity contribution in [3.05, 3.63) is 40.2 Å². The Hall–Kier alpha value is -1.81. The standard InChI is InChI=1S/C15H16ClNO3/c1-4-12-13(15(18)19-5-2)20-14(17-12)11-7-6-10(16)8-9(11)3/h6-8H,4-5H2,1-3H3. The van der Waals surface area contributed by atoms with Crippen LogP contribution in [-0.2, 0) is 11.2 Å². The highest BCUT2D eigenvalue weighted by Gasteiger charge is 2.21. The van der Waals surface area contributed by atoms with E-state index in [1.807, 2.05) is 26.0 Å². The van der Waals surface area contributed by atoms with E-state index < -0.39 is 5.97 Å². The summed E-state index contributed by atoms with van der Waals surface area (Å²) >= 11 is 5.93. The van der Waals surface area contributed by atoms with E-state index in [4.69, 9.17) is 20.8 Å². The monoisotopic (exact) mass is 293 g/mol. The van der Waals surface area contributed by atoms with Gasteiger partial charge in [-0.3, -0.25) is 0 Å². The molecule has 1 aromatic heterocycles. The zero-order valence-corrected chi connectivity index (χ0v) is 12.5. The van der Waals surface area contributed by atoms with Crippen LogP contribution in [0.2, 0.25) is 5.02 Å². The molecule has 0 bridgehead atoms. The highest BCUT2D eigenvalue weighted by atomic mass is 35.5. The molecule has 5 heteroatoms. The van der Waals surface area contributed by atoms with Crippen LogP contribution in [0, 0.1) is 6.92 Å². The van der Waals surface area contributed by atoms with Crippen molar-refractivity contribution in [1.29, 1.82) is 0 Å². The van der Waals surface area contributed by atoms with Gasteiger partial charge in [-0.05, 0) is 44.0 Å². The molecule has 4 nitrogen and oxygen atoms in total. The van der Waals surface area contributed by atoms with Crippen molar-refractivity contribution in [3.8, 4) is 11.5 Å². The van der Waals surface area contributed by atoms with Gasteiger partial charge in [0.25, 0.3) is 0 Å². The van der Waals surface area contributed by atoms with E-state index in [1.54, 1.807) is 13.0 Å². The second-order valence-electron chi connectivity index (χ2n) is 4.33. The molecule has 0 fully saturated rings. The molecule has 0 amide bonds. The molecule has 2 aromatic rings. The Labute approximate surface area is 122 Å². The minimum Gasteiger partial charge on any atom is -0.460 e. The fraction of sp³-hybridized carbons (Fsp3) is 0.333. The van der Waals surface area contributed by atoms with Gasteiger partial charge in [0.05, 0.1) is 12.3 Å². The lowest BCUT2D eigenvalue weighted by Gasteiger charge is -2.01. The predicted octanol–water partition coefficient (Wildman–Crippen LogP) is 4.04. The third-order valence-corrected chi connectivity index (χ3v) is 3.15. The number of oxazole rings is 1. The van der Waals surface area contributed by atoms with E-state index in [2.05, 4.69) is 4.98 Å². The number of rotatable bonds is 4. The maximum Gasteiger partial charge on any atom is 0.376 e. The summed E-state index contributed by atoms with van der Waals surface area (Å²) in [5.41, 5.74) is 2.37. The molecule has 0 N–H and O–H groups in total. The number of hydrogen-bond donors (Lipinski definition) is 0. The number of carbonyl (C=O) groups excluding carboxylic acids is 1. The molecule has 0 aliphatic rings. The summed E-state index contributed by atoms with van der Waals surface area (Å²) in [4.78, 5) is 16.2. The summed E-state index contributed by atoms with van der Waals surface area (Å²) in [5, 5.41) is 0.652. The van der Waals surface area contributed by atoms with Gasteiger partial charge >= 0.3 is 5.97 Å². The van der Waals surface area contributed by atoms with Gasteiger partial charge in [0.2, 0.25) is 11.7 Å². The zero-order chi connectivity index (χ0) is 14.7. The second-order valence-corrected chi connectivity index (χ2v) is 4.76. The number of benzene rings is 1. The first-order valence-corrected chi connectivity index (χ1v) is 6.88. The van der Waals surface area contributed by atoms with Crippen molar-refractivity contribution < 1.29 is 13.9 Å². The lowest BCUT2D eigenvalue weighted by atomic mass is 10.1. The molecule has 20 heavy (non-hydrogen) atoms. The summed E-state index contributed by atoms with van der Waals surface area (Å²) in [7, 11) is 0. The second kappa shape index (κ2) is 6.09. The van der Waals surface area contributed by atoms with Gasteiger partial charge < -0.3 is 9.15 Å². The van der Waals surface area contributed by atoms with Crippen LogP contribution >= 0.6 is 11.6 Å². The first kappa shape index (κ1) is 14.6. The third-order valence-electron chi connectivity index (χ3n) is 2.91. The van der Waals surface area contributed by atoms with E-state index in [0.717, 1.165) is 11.1 Å². The number of aromatic nitrogens is 1. The van der Waals surface area contributed by atoms with E-state index in [1.165, 1.54) is 0 Å². The highest BCUT2D eigenvalue weighted by Crippen LogP contribution is 2.27. The van der Waals surface area contributed by atoms with Gasteiger partial charge in [-0.25, -0.2) is 9.78 Å². The fourth-order valence-corrected chi connectivity index (χ4v) is 2.16. The lowest BCUT2D eigenvalue weighted by Crippen LogP contribution is -2.05. The summed E-state index contributed by atoms with van der Waals surface area (Å²) < 4.78 is 10.6. The van der Waals surface area contributed by atoms with Crippen LogP contribution in [0.4, 0.5) is 0 Å². The topological polar surface area (TPSA) is 52.3 Å². The van der Waals surface area contributed by atoms with Crippen LogP contribution in [0.5, 0.6) is 0 Å². The van der Waals surface area contributed by atoms with Crippen molar-refractivity contribution in [2.24, 2.45) is 0 Å². The molecule has 0 saturated carbocycles. The number of aryl methyl sites for hydroxylation is 2. The third kappa shape index (κ3) is 2.85. The zero-order valence-electron chi connectivity index (χ0n) is 11.7. The van der Waals surface area contributed by atoms with Gasteiger partial charge in [0.1, 0.15) is 0 Å². The Morgan fingerprint density at radius 3 is 2.75 bits per heavy atom. The molecule has 0 atom stereocenters. The molecule has 106 valence electrons. The maximum atomic E-state index is 11.8. The van der Waals surface area contributed by atoms with Gasteiger partial charge in [-0.1, -0.05) is 18.5 Å². The minimum absolute atomic E-state index is 0.179. The fourth-order valence-electron chi connectivity index (χ4n) is 1.93. The molecule has 0 spiro atoms. The molecule has 0 unspecified atom stereocenters. The number of esters is 1. The Morgan fingerprint density at radius 2 is 2.15 bits per heavy atom. The molecule has 1 aromatic carbocycles. The number of ether oxygens (including phenoxy) is 1. The number of carbonyl (C=O) groups is 1. The Morgan fingerprint density at radius 1 is 1.40 bits per heavy atom. The lowest BCUT2D eigenvalue weighted by molar-refractivity contribution is 0.0489. The summed E-state index contributed by atoms with van der Waals surface area (Å²) in [6.07, 6.45) is 0.601. The molecule has 0 aliphatic carbocycles. The van der Waals surface area contributed by atoms with E-state index in [9.17, 15) is 4.79 Å². The van der Waals surface area contributed by atoms with Gasteiger partial charge in [0.15, 0.2) is 0 Å². The largest absolute Gasteiger partial charge is 0.460 e. The SMILES string of the molecule is CCOC(=O)c1oc(-c2ccc(Cl)cc2C)nc1CC. The number of hydrogen-bond acceptors (Lipinski definition) is 4. The van der Waals surface area contributed by atoms with Crippen LogP contribution in [0.3, 0.4) is 0 Å². The Balaban J connectivity index is 2.45. The molecular formula is C15H16ClNO3. The average molecular weight is 294 g/mol. The smallest absolute Gasteiger partial charge is 0.376 e. The number of halogens is 1. The van der Waals surface area contributed by atoms with Crippen molar-refractivity contribution >= 4 is 17.6 Å². The van der Waals surface area contributed by atoms with Crippen LogP contribution in [0.25, 0.3) is 11.5 Å². The molecule has 0 radical (unpaired) electrons. The van der Waals surface area contributed by atoms with Crippen molar-refractivity contribution in [2.45, 2.75) is 27.2 Å². The first-order chi connectivity index (χ1) is 9.56.